The van der Waals surface area contributed by atoms with Crippen molar-refractivity contribution < 1.29 is 4.92 Å². The van der Waals surface area contributed by atoms with Crippen molar-refractivity contribution in [2.75, 3.05) is 0 Å². The van der Waals surface area contributed by atoms with Gasteiger partial charge in [0.1, 0.15) is 0 Å². The second kappa shape index (κ2) is 3.96. The van der Waals surface area contributed by atoms with E-state index in [4.69, 9.17) is 0 Å². The second-order valence-electron chi connectivity index (χ2n) is 5.00. The average Bonchev–Trinajstić information content (AvgIpc) is 3.03. The molecule has 100 valence electrons. The maximum atomic E-state index is 11.3. The monoisotopic (exact) mass is 285 g/mol. The fraction of sp³-hybridized carbons (Fsp3) is 0.214. The maximum absolute atomic E-state index is 11.3. The molecule has 0 fully saturated rings. The van der Waals surface area contributed by atoms with Crippen molar-refractivity contribution in [3.63, 3.8) is 0 Å². The zero-order valence-corrected chi connectivity index (χ0v) is 11.5. The van der Waals surface area contributed by atoms with Crippen molar-refractivity contribution in [3.05, 3.63) is 62.8 Å². The van der Waals surface area contributed by atoms with E-state index in [0.717, 1.165) is 22.6 Å². The number of benzene rings is 1. The van der Waals surface area contributed by atoms with Crippen LogP contribution < -0.4 is 0 Å². The Bertz CT molecular complexity index is 766. The van der Waals surface area contributed by atoms with Gasteiger partial charge < -0.3 is 0 Å². The Morgan fingerprint density at radius 3 is 3.10 bits per heavy atom. The Morgan fingerprint density at radius 1 is 1.45 bits per heavy atom. The van der Waals surface area contributed by atoms with Gasteiger partial charge in [0.15, 0.2) is 0 Å². The molecule has 0 radical (unpaired) electrons. The number of thioether (sulfide) groups is 1. The third-order valence-corrected chi connectivity index (χ3v) is 4.95. The van der Waals surface area contributed by atoms with Crippen LogP contribution in [-0.2, 0) is 0 Å². The van der Waals surface area contributed by atoms with Crippen LogP contribution in [0.2, 0.25) is 0 Å². The van der Waals surface area contributed by atoms with E-state index in [1.54, 1.807) is 23.9 Å². The molecule has 0 saturated carbocycles. The van der Waals surface area contributed by atoms with Crippen molar-refractivity contribution in [1.82, 2.24) is 9.78 Å². The van der Waals surface area contributed by atoms with Crippen LogP contribution in [0.15, 0.2) is 35.7 Å². The third-order valence-electron chi connectivity index (χ3n) is 3.81. The first-order valence-corrected chi connectivity index (χ1v) is 7.27. The van der Waals surface area contributed by atoms with E-state index in [-0.39, 0.29) is 21.8 Å². The van der Waals surface area contributed by atoms with Crippen molar-refractivity contribution in [3.8, 4) is 5.69 Å². The van der Waals surface area contributed by atoms with Crippen LogP contribution in [0, 0.1) is 17.0 Å². The minimum Gasteiger partial charge on any atom is -0.258 e. The van der Waals surface area contributed by atoms with Gasteiger partial charge in [-0.2, -0.15) is 5.10 Å². The Labute approximate surface area is 119 Å². The molecular weight excluding hydrogens is 274 g/mol. The lowest BCUT2D eigenvalue weighted by Crippen LogP contribution is -2.19. The molecule has 0 bridgehead atoms. The van der Waals surface area contributed by atoms with Crippen LogP contribution in [0.25, 0.3) is 5.69 Å². The van der Waals surface area contributed by atoms with Gasteiger partial charge in [-0.1, -0.05) is 12.1 Å². The molecule has 1 aromatic heterocycles. The molecule has 0 saturated heterocycles. The molecule has 4 rings (SSSR count). The van der Waals surface area contributed by atoms with Gasteiger partial charge in [-0.3, -0.25) is 10.1 Å². The standard InChI is InChI=1S/C14H11N3O2S/c1-8-7-12-14-9(5-6-20-14)13-10(16(12)15-8)3-2-4-11(13)17(18)19/h2-7,9,14H,1H3. The van der Waals surface area contributed by atoms with Crippen LogP contribution in [0.3, 0.4) is 0 Å². The number of nitrogens with zero attached hydrogens (tertiary/aromatic N) is 3. The van der Waals surface area contributed by atoms with E-state index in [1.165, 1.54) is 0 Å². The number of hydrogen-bond donors (Lipinski definition) is 0. The zero-order chi connectivity index (χ0) is 13.9. The van der Waals surface area contributed by atoms with Gasteiger partial charge in [-0.25, -0.2) is 4.68 Å². The number of nitro benzene ring substituents is 1. The number of aromatic nitrogens is 2. The van der Waals surface area contributed by atoms with Crippen LogP contribution >= 0.6 is 11.8 Å². The number of nitro groups is 1. The number of rotatable bonds is 1. The lowest BCUT2D eigenvalue weighted by molar-refractivity contribution is -0.385. The highest BCUT2D eigenvalue weighted by Gasteiger charge is 2.40. The molecule has 2 aliphatic heterocycles. The molecule has 1 aromatic carbocycles. The van der Waals surface area contributed by atoms with Gasteiger partial charge in [0, 0.05) is 12.0 Å². The highest BCUT2D eigenvalue weighted by Crippen LogP contribution is 2.54. The normalized spacial score (nSPS) is 22.2. The zero-order valence-electron chi connectivity index (χ0n) is 10.7. The molecule has 3 heterocycles. The molecule has 0 spiro atoms. The molecule has 0 amide bonds. The van der Waals surface area contributed by atoms with Gasteiger partial charge in [0.25, 0.3) is 5.69 Å². The highest BCUT2D eigenvalue weighted by molar-refractivity contribution is 8.02. The number of aryl methyl sites for hydroxylation is 1. The number of hydrogen-bond acceptors (Lipinski definition) is 4. The summed E-state index contributed by atoms with van der Waals surface area (Å²) >= 11 is 1.70. The molecule has 2 unspecified atom stereocenters. The van der Waals surface area contributed by atoms with E-state index in [2.05, 4.69) is 17.2 Å². The maximum Gasteiger partial charge on any atom is 0.275 e. The first kappa shape index (κ1) is 11.7. The Hall–Kier alpha value is -2.08. The van der Waals surface area contributed by atoms with Crippen molar-refractivity contribution in [1.29, 1.82) is 0 Å². The largest absolute Gasteiger partial charge is 0.275 e. The predicted molar refractivity (Wildman–Crippen MR) is 77.2 cm³/mol. The van der Waals surface area contributed by atoms with Crippen LogP contribution in [0.4, 0.5) is 5.69 Å². The van der Waals surface area contributed by atoms with Gasteiger partial charge in [0.2, 0.25) is 0 Å². The summed E-state index contributed by atoms with van der Waals surface area (Å²) in [6, 6.07) is 7.28. The van der Waals surface area contributed by atoms with Crippen molar-refractivity contribution in [2.45, 2.75) is 18.1 Å². The number of allylic oxidation sites excluding steroid dienone is 1. The first-order chi connectivity index (χ1) is 9.66. The highest BCUT2D eigenvalue weighted by atomic mass is 32.2. The predicted octanol–water partition coefficient (Wildman–Crippen LogP) is 3.49. The molecule has 5 nitrogen and oxygen atoms in total. The summed E-state index contributed by atoms with van der Waals surface area (Å²) < 4.78 is 1.86. The Kier molecular flexibility index (Phi) is 2.32. The van der Waals surface area contributed by atoms with Crippen molar-refractivity contribution >= 4 is 17.4 Å². The molecule has 0 N–H and O–H groups in total. The van der Waals surface area contributed by atoms with Gasteiger partial charge in [0.05, 0.1) is 32.8 Å². The quantitative estimate of drug-likeness (QED) is 0.594. The Morgan fingerprint density at radius 2 is 2.30 bits per heavy atom. The summed E-state index contributed by atoms with van der Waals surface area (Å²) in [5, 5.41) is 18.1. The third kappa shape index (κ3) is 1.42. The average molecular weight is 285 g/mol. The molecule has 2 aromatic rings. The van der Waals surface area contributed by atoms with Crippen LogP contribution in [-0.4, -0.2) is 14.7 Å². The molecular formula is C14H11N3O2S. The summed E-state index contributed by atoms with van der Waals surface area (Å²) in [4.78, 5) is 11.0. The summed E-state index contributed by atoms with van der Waals surface area (Å²) in [6.07, 6.45) is 2.06. The molecule has 6 heteroatoms. The second-order valence-corrected chi connectivity index (χ2v) is 6.05. The topological polar surface area (TPSA) is 61.0 Å². The number of fused-ring (bicyclic) bond motifs is 6. The van der Waals surface area contributed by atoms with E-state index < -0.39 is 0 Å². The fourth-order valence-electron chi connectivity index (χ4n) is 3.04. The van der Waals surface area contributed by atoms with E-state index in [0.29, 0.717) is 0 Å². The van der Waals surface area contributed by atoms with Gasteiger partial charge in [-0.15, -0.1) is 11.8 Å². The molecule has 2 atom stereocenters. The summed E-state index contributed by atoms with van der Waals surface area (Å²) in [7, 11) is 0. The Balaban J connectivity index is 2.07. The van der Waals surface area contributed by atoms with Gasteiger partial charge in [-0.05, 0) is 24.5 Å². The fourth-order valence-corrected chi connectivity index (χ4v) is 4.18. The van der Waals surface area contributed by atoms with Gasteiger partial charge >= 0.3 is 0 Å². The first-order valence-electron chi connectivity index (χ1n) is 6.33. The van der Waals surface area contributed by atoms with E-state index in [1.807, 2.05) is 23.1 Å². The van der Waals surface area contributed by atoms with Crippen LogP contribution in [0.5, 0.6) is 0 Å². The summed E-state index contributed by atoms with van der Waals surface area (Å²) in [5.74, 6) is 0.0557. The smallest absolute Gasteiger partial charge is 0.258 e. The minimum absolute atomic E-state index is 0.0557. The lowest BCUT2D eigenvalue weighted by atomic mass is 9.88. The van der Waals surface area contributed by atoms with Crippen LogP contribution in [0.1, 0.15) is 28.1 Å². The SMILES string of the molecule is Cc1cc2n(n1)-c1cccc([N+](=O)[O-])c1C1C=CSC21. The minimum atomic E-state index is -0.298. The van der Waals surface area contributed by atoms with E-state index in [9.17, 15) is 10.1 Å². The molecule has 2 aliphatic rings. The van der Waals surface area contributed by atoms with Crippen molar-refractivity contribution in [2.24, 2.45) is 0 Å². The molecule has 0 aliphatic carbocycles. The summed E-state index contributed by atoms with van der Waals surface area (Å²) in [5.41, 5.74) is 3.85. The molecule has 20 heavy (non-hydrogen) atoms. The van der Waals surface area contributed by atoms with E-state index >= 15 is 0 Å². The lowest BCUT2D eigenvalue weighted by Gasteiger charge is -2.27. The summed E-state index contributed by atoms with van der Waals surface area (Å²) in [6.45, 7) is 1.95.